The predicted molar refractivity (Wildman–Crippen MR) is 72.1 cm³/mol. The van der Waals surface area contributed by atoms with Gasteiger partial charge in [0, 0.05) is 18.5 Å². The molecule has 1 atom stereocenters. The van der Waals surface area contributed by atoms with Crippen molar-refractivity contribution in [3.8, 4) is 0 Å². The summed E-state index contributed by atoms with van der Waals surface area (Å²) in [7, 11) is -1.61. The first-order valence-corrected chi connectivity index (χ1v) is 8.16. The zero-order valence-electron chi connectivity index (χ0n) is 10.6. The van der Waals surface area contributed by atoms with Crippen LogP contribution in [0.3, 0.4) is 0 Å². The largest absolute Gasteiger partial charge is 0.384 e. The van der Waals surface area contributed by atoms with Crippen LogP contribution in [0.5, 0.6) is 0 Å². The first kappa shape index (κ1) is 17.3. The molecule has 0 aliphatic carbocycles. The molecule has 0 aliphatic heterocycles. The first-order chi connectivity index (χ1) is 7.87. The molecule has 5 nitrogen and oxygen atoms in total. The van der Waals surface area contributed by atoms with E-state index in [-0.39, 0.29) is 23.3 Å². The van der Waals surface area contributed by atoms with Crippen LogP contribution in [0.25, 0.3) is 0 Å². The van der Waals surface area contributed by atoms with Gasteiger partial charge in [-0.3, -0.25) is 0 Å². The number of hydrogen-bond donors (Lipinski definition) is 1. The van der Waals surface area contributed by atoms with E-state index >= 15 is 0 Å². The second-order valence-corrected chi connectivity index (χ2v) is 7.20. The molecule has 0 radical (unpaired) electrons. The van der Waals surface area contributed by atoms with Crippen molar-refractivity contribution in [1.29, 1.82) is 0 Å². The third-order valence-electron chi connectivity index (χ3n) is 1.93. The van der Waals surface area contributed by atoms with E-state index in [2.05, 4.69) is 20.7 Å². The summed E-state index contributed by atoms with van der Waals surface area (Å²) in [6.07, 6.45) is 0.747. The second-order valence-electron chi connectivity index (χ2n) is 3.97. The molecule has 0 bridgehead atoms. The van der Waals surface area contributed by atoms with E-state index in [1.165, 1.54) is 0 Å². The number of nitrogens with one attached hydrogen (secondary N) is 1. The molecule has 17 heavy (non-hydrogen) atoms. The van der Waals surface area contributed by atoms with Crippen LogP contribution >= 0.6 is 15.9 Å². The molecule has 0 heterocycles. The van der Waals surface area contributed by atoms with E-state index in [0.717, 1.165) is 0 Å². The number of ether oxygens (including phenoxy) is 2. The van der Waals surface area contributed by atoms with Crippen LogP contribution in [0.4, 0.5) is 0 Å². The Morgan fingerprint density at radius 2 is 2.00 bits per heavy atom. The summed E-state index contributed by atoms with van der Waals surface area (Å²) in [4.78, 5) is 0.169. The number of methoxy groups -OCH3 is 1. The molecule has 0 aliphatic rings. The Hall–Kier alpha value is 0.310. The Morgan fingerprint density at radius 3 is 2.53 bits per heavy atom. The van der Waals surface area contributed by atoms with Crippen molar-refractivity contribution < 1.29 is 17.9 Å². The van der Waals surface area contributed by atoms with Crippen LogP contribution in [-0.2, 0) is 19.5 Å². The summed E-state index contributed by atoms with van der Waals surface area (Å²) in [5.74, 6) is 0.00239. The highest BCUT2D eigenvalue weighted by Gasteiger charge is 2.11. The summed E-state index contributed by atoms with van der Waals surface area (Å²) in [5, 5.41) is 0. The number of rotatable bonds is 10. The van der Waals surface area contributed by atoms with Crippen LogP contribution in [0.15, 0.2) is 0 Å². The van der Waals surface area contributed by atoms with Gasteiger partial charge in [-0.15, -0.1) is 0 Å². The molecule has 7 heteroatoms. The molecule has 0 rings (SSSR count). The highest BCUT2D eigenvalue weighted by molar-refractivity contribution is 9.09. The first-order valence-electron chi connectivity index (χ1n) is 5.59. The summed E-state index contributed by atoms with van der Waals surface area (Å²) >= 11 is 3.39. The molecule has 0 fully saturated rings. The molecule has 0 aromatic carbocycles. The highest BCUT2D eigenvalue weighted by atomic mass is 79.9. The number of alkyl halides is 1. The molecule has 0 aromatic heterocycles. The van der Waals surface area contributed by atoms with Gasteiger partial charge in [0.15, 0.2) is 0 Å². The van der Waals surface area contributed by atoms with E-state index in [1.54, 1.807) is 7.11 Å². The summed E-state index contributed by atoms with van der Waals surface area (Å²) < 4.78 is 35.7. The SMILES string of the molecule is COCC(Br)CCNS(=O)(=O)CCOC(C)C. The second kappa shape index (κ2) is 9.27. The van der Waals surface area contributed by atoms with Crippen LogP contribution in [0.2, 0.25) is 0 Å². The quantitative estimate of drug-likeness (QED) is 0.609. The molecule has 1 unspecified atom stereocenters. The fraction of sp³-hybridized carbons (Fsp3) is 1.00. The normalized spacial score (nSPS) is 14.2. The van der Waals surface area contributed by atoms with E-state index < -0.39 is 10.0 Å². The average Bonchev–Trinajstić information content (AvgIpc) is 2.16. The maximum atomic E-state index is 11.5. The molecule has 0 spiro atoms. The van der Waals surface area contributed by atoms with Crippen LogP contribution in [-0.4, -0.2) is 52.0 Å². The number of sulfonamides is 1. The molecule has 1 N–H and O–H groups in total. The van der Waals surface area contributed by atoms with Gasteiger partial charge >= 0.3 is 0 Å². The molecule has 0 saturated heterocycles. The van der Waals surface area contributed by atoms with Gasteiger partial charge in [-0.05, 0) is 20.3 Å². The predicted octanol–water partition coefficient (Wildman–Crippen LogP) is 1.13. The Bertz CT molecular complexity index is 282. The summed E-state index contributed by atoms with van der Waals surface area (Å²) in [6.45, 7) is 4.95. The van der Waals surface area contributed by atoms with Gasteiger partial charge in [-0.2, -0.15) is 0 Å². The van der Waals surface area contributed by atoms with E-state index in [0.29, 0.717) is 19.6 Å². The molecule has 0 saturated carbocycles. The van der Waals surface area contributed by atoms with E-state index in [4.69, 9.17) is 9.47 Å². The Labute approximate surface area is 112 Å². The van der Waals surface area contributed by atoms with Crippen molar-refractivity contribution in [2.45, 2.75) is 31.2 Å². The van der Waals surface area contributed by atoms with Gasteiger partial charge in [0.2, 0.25) is 10.0 Å². The van der Waals surface area contributed by atoms with E-state index in [9.17, 15) is 8.42 Å². The van der Waals surface area contributed by atoms with Gasteiger partial charge < -0.3 is 9.47 Å². The zero-order valence-corrected chi connectivity index (χ0v) is 13.0. The van der Waals surface area contributed by atoms with Crippen molar-refractivity contribution >= 4 is 26.0 Å². The molecule has 0 aromatic rings. The molecular formula is C10H22BrNO4S. The van der Waals surface area contributed by atoms with E-state index in [1.807, 2.05) is 13.8 Å². The number of hydrogen-bond acceptors (Lipinski definition) is 4. The van der Waals surface area contributed by atoms with Gasteiger partial charge in [0.05, 0.1) is 25.1 Å². The van der Waals surface area contributed by atoms with Crippen LogP contribution in [0.1, 0.15) is 20.3 Å². The topological polar surface area (TPSA) is 64.6 Å². The van der Waals surface area contributed by atoms with Gasteiger partial charge in [0.25, 0.3) is 0 Å². The van der Waals surface area contributed by atoms with Crippen molar-refractivity contribution in [2.24, 2.45) is 0 Å². The lowest BCUT2D eigenvalue weighted by Gasteiger charge is -2.11. The summed E-state index contributed by atoms with van der Waals surface area (Å²) in [6, 6.07) is 0. The van der Waals surface area contributed by atoms with Crippen molar-refractivity contribution in [3.05, 3.63) is 0 Å². The lowest BCUT2D eigenvalue weighted by molar-refractivity contribution is 0.0911. The monoisotopic (exact) mass is 331 g/mol. The van der Waals surface area contributed by atoms with Crippen molar-refractivity contribution in [1.82, 2.24) is 4.72 Å². The third-order valence-corrected chi connectivity index (χ3v) is 4.00. The smallest absolute Gasteiger partial charge is 0.213 e. The maximum Gasteiger partial charge on any atom is 0.213 e. The van der Waals surface area contributed by atoms with Crippen LogP contribution in [0, 0.1) is 0 Å². The minimum absolute atomic E-state index is 0.00239. The van der Waals surface area contributed by atoms with Crippen LogP contribution < -0.4 is 4.72 Å². The fourth-order valence-corrected chi connectivity index (χ4v) is 2.48. The minimum Gasteiger partial charge on any atom is -0.384 e. The average molecular weight is 332 g/mol. The Kier molecular flexibility index (Phi) is 9.44. The summed E-state index contributed by atoms with van der Waals surface area (Å²) in [5.41, 5.74) is 0. The standard InChI is InChI=1S/C10H22BrNO4S/c1-9(2)16-6-7-17(13,14)12-5-4-10(11)8-15-3/h9-10,12H,4-8H2,1-3H3. The van der Waals surface area contributed by atoms with Crippen molar-refractivity contribution in [2.75, 3.05) is 32.6 Å². The van der Waals surface area contributed by atoms with Crippen molar-refractivity contribution in [3.63, 3.8) is 0 Å². The molecular weight excluding hydrogens is 310 g/mol. The fourth-order valence-electron chi connectivity index (χ4n) is 1.10. The third kappa shape index (κ3) is 11.1. The lowest BCUT2D eigenvalue weighted by Crippen LogP contribution is -2.31. The van der Waals surface area contributed by atoms with Gasteiger partial charge in [-0.25, -0.2) is 13.1 Å². The Balaban J connectivity index is 3.71. The zero-order chi connectivity index (χ0) is 13.3. The van der Waals surface area contributed by atoms with Gasteiger partial charge in [0.1, 0.15) is 0 Å². The maximum absolute atomic E-state index is 11.5. The number of halogens is 1. The molecule has 104 valence electrons. The highest BCUT2D eigenvalue weighted by Crippen LogP contribution is 2.04. The minimum atomic E-state index is -3.22. The van der Waals surface area contributed by atoms with Gasteiger partial charge in [-0.1, -0.05) is 15.9 Å². The molecule has 0 amide bonds. The lowest BCUT2D eigenvalue weighted by atomic mass is 10.3. The Morgan fingerprint density at radius 1 is 1.35 bits per heavy atom.